The molecule has 1 aromatic heterocycles. The molecule has 9 atom stereocenters. The molecule has 35 heavy (non-hydrogen) atoms. The summed E-state index contributed by atoms with van der Waals surface area (Å²) in [6.45, 7) is 17.1. The topological polar surface area (TPSA) is 63.3 Å². The Hall–Kier alpha value is -1.16. The lowest BCUT2D eigenvalue weighted by Crippen LogP contribution is -2.70. The molecule has 0 saturated heterocycles. The molecule has 6 rings (SSSR count). The van der Waals surface area contributed by atoms with Crippen LogP contribution in [0.2, 0.25) is 0 Å². The fourth-order valence-corrected chi connectivity index (χ4v) is 11.6. The summed E-state index contributed by atoms with van der Waals surface area (Å²) in [6, 6.07) is 0. The molecule has 1 aromatic rings. The summed E-state index contributed by atoms with van der Waals surface area (Å²) in [7, 11) is 0. The molecule has 1 heterocycles. The zero-order valence-electron chi connectivity index (χ0n) is 23.1. The number of carbonyl (C=O) groups is 1. The second kappa shape index (κ2) is 7.03. The van der Waals surface area contributed by atoms with E-state index < -0.39 is 0 Å². The average molecular weight is 482 g/mol. The zero-order valence-corrected chi connectivity index (χ0v) is 23.1. The average Bonchev–Trinajstić information content (AvgIpc) is 3.24. The SMILES string of the molecule is CC1(C)CC[C@]2(C=O)CC[C@]3(C)[C@H]([C@@H](O)C[C@@H]4[C@@]5(C)Cc6cnoc6C(C)(C)[C@@H]5CC[C@]43C)[C@@H]2C1. The second-order valence-electron chi connectivity index (χ2n) is 15.7. The van der Waals surface area contributed by atoms with E-state index in [1.807, 2.05) is 6.20 Å². The Bertz CT molecular complexity index is 1040. The summed E-state index contributed by atoms with van der Waals surface area (Å²) in [5, 5.41) is 16.3. The number of carbonyl (C=O) groups excluding carboxylic acids is 1. The highest BCUT2D eigenvalue weighted by atomic mass is 16.5. The molecule has 0 unspecified atom stereocenters. The monoisotopic (exact) mass is 481 g/mol. The lowest BCUT2D eigenvalue weighted by molar-refractivity contribution is -0.261. The quantitative estimate of drug-likeness (QED) is 0.451. The number of rotatable bonds is 1. The van der Waals surface area contributed by atoms with Gasteiger partial charge in [-0.05, 0) is 103 Å². The van der Waals surface area contributed by atoms with Crippen molar-refractivity contribution >= 4 is 6.29 Å². The zero-order chi connectivity index (χ0) is 25.2. The first-order valence-corrected chi connectivity index (χ1v) is 14.3. The molecule has 1 N–H and O–H groups in total. The number of aliphatic hydroxyl groups excluding tert-OH is 1. The summed E-state index contributed by atoms with van der Waals surface area (Å²) in [5.74, 6) is 2.57. The highest BCUT2D eigenvalue weighted by Gasteiger charge is 2.72. The van der Waals surface area contributed by atoms with Crippen LogP contribution >= 0.6 is 0 Å². The first kappa shape index (κ1) is 24.2. The third-order valence-electron chi connectivity index (χ3n) is 13.5. The van der Waals surface area contributed by atoms with E-state index in [1.54, 1.807) is 0 Å². The van der Waals surface area contributed by atoms with Crippen LogP contribution in [0, 0.1) is 50.7 Å². The number of fused-ring (bicyclic) bond motifs is 8. The molecule has 0 aliphatic heterocycles. The van der Waals surface area contributed by atoms with Crippen molar-refractivity contribution in [2.45, 2.75) is 118 Å². The van der Waals surface area contributed by atoms with Gasteiger partial charge < -0.3 is 14.4 Å². The Labute approximate surface area is 212 Å². The molecule has 194 valence electrons. The number of hydrogen-bond acceptors (Lipinski definition) is 4. The van der Waals surface area contributed by atoms with Crippen molar-refractivity contribution in [1.82, 2.24) is 5.16 Å². The fraction of sp³-hybridized carbons (Fsp3) is 0.871. The van der Waals surface area contributed by atoms with Crippen molar-refractivity contribution in [3.05, 3.63) is 17.5 Å². The van der Waals surface area contributed by atoms with Gasteiger partial charge in [-0.15, -0.1) is 0 Å². The maximum Gasteiger partial charge on any atom is 0.145 e. The highest BCUT2D eigenvalue weighted by molar-refractivity contribution is 5.61. The molecule has 4 nitrogen and oxygen atoms in total. The lowest BCUT2D eigenvalue weighted by Gasteiger charge is -2.73. The van der Waals surface area contributed by atoms with Gasteiger partial charge in [0.05, 0.1) is 12.3 Å². The molecule has 5 aliphatic rings. The molecular formula is C31H47NO3. The van der Waals surface area contributed by atoms with Crippen molar-refractivity contribution in [3.63, 3.8) is 0 Å². The number of aldehydes is 1. The van der Waals surface area contributed by atoms with Crippen LogP contribution < -0.4 is 0 Å². The van der Waals surface area contributed by atoms with Crippen LogP contribution in [-0.2, 0) is 16.6 Å². The predicted molar refractivity (Wildman–Crippen MR) is 137 cm³/mol. The number of hydrogen-bond donors (Lipinski definition) is 1. The lowest BCUT2D eigenvalue weighted by atomic mass is 9.31. The van der Waals surface area contributed by atoms with Crippen LogP contribution in [-0.4, -0.2) is 22.7 Å². The number of aromatic nitrogens is 1. The Morgan fingerprint density at radius 3 is 2.40 bits per heavy atom. The highest BCUT2D eigenvalue weighted by Crippen LogP contribution is 2.76. The molecule has 0 spiro atoms. The maximum atomic E-state index is 12.7. The fourth-order valence-electron chi connectivity index (χ4n) is 11.6. The molecule has 0 bridgehead atoms. The smallest absolute Gasteiger partial charge is 0.145 e. The molecule has 0 radical (unpaired) electrons. The van der Waals surface area contributed by atoms with Crippen LogP contribution in [0.3, 0.4) is 0 Å². The Balaban J connectivity index is 1.45. The van der Waals surface area contributed by atoms with Crippen LogP contribution in [0.4, 0.5) is 0 Å². The van der Waals surface area contributed by atoms with Crippen LogP contribution in [0.25, 0.3) is 0 Å². The first-order valence-electron chi connectivity index (χ1n) is 14.3. The van der Waals surface area contributed by atoms with Gasteiger partial charge in [0.25, 0.3) is 0 Å². The van der Waals surface area contributed by atoms with E-state index in [9.17, 15) is 9.90 Å². The third-order valence-corrected chi connectivity index (χ3v) is 13.5. The number of aliphatic hydroxyl groups is 1. The van der Waals surface area contributed by atoms with Gasteiger partial charge in [0.15, 0.2) is 0 Å². The number of nitrogens with zero attached hydrogens (tertiary/aromatic N) is 1. The minimum Gasteiger partial charge on any atom is -0.393 e. The van der Waals surface area contributed by atoms with Gasteiger partial charge >= 0.3 is 0 Å². The van der Waals surface area contributed by atoms with Gasteiger partial charge in [-0.2, -0.15) is 0 Å². The minimum absolute atomic E-state index is 0.0461. The van der Waals surface area contributed by atoms with Gasteiger partial charge in [-0.25, -0.2) is 0 Å². The first-order chi connectivity index (χ1) is 16.2. The van der Waals surface area contributed by atoms with Crippen molar-refractivity contribution < 1.29 is 14.4 Å². The summed E-state index contributed by atoms with van der Waals surface area (Å²) < 4.78 is 5.82. The standard InChI is InChI=1S/C31H47NO3/c1-26(2)10-12-31(18-33)13-11-30(7)24(20(31)16-26)21(34)14-23-28(5)15-19-17-32-35-25(19)27(3,4)22(28)8-9-29(23,30)6/h17-18,20-24,34H,8-16H2,1-7H3/t20-,21-,22-,23+,24-,28-,29+,30+,31+/m0/s1. The van der Waals surface area contributed by atoms with Crippen molar-refractivity contribution in [3.8, 4) is 0 Å². The summed E-state index contributed by atoms with van der Waals surface area (Å²) >= 11 is 0. The summed E-state index contributed by atoms with van der Waals surface area (Å²) in [6.07, 6.45) is 12.5. The van der Waals surface area contributed by atoms with Gasteiger partial charge in [0.1, 0.15) is 12.0 Å². The van der Waals surface area contributed by atoms with E-state index in [4.69, 9.17) is 4.52 Å². The Kier molecular flexibility index (Phi) is 4.86. The normalized spacial score (nSPS) is 51.7. The van der Waals surface area contributed by atoms with Gasteiger partial charge in [0, 0.05) is 16.4 Å². The van der Waals surface area contributed by atoms with Crippen molar-refractivity contribution in [2.24, 2.45) is 50.7 Å². The maximum absolute atomic E-state index is 12.7. The van der Waals surface area contributed by atoms with E-state index in [0.29, 0.717) is 17.8 Å². The van der Waals surface area contributed by atoms with Gasteiger partial charge in [0.2, 0.25) is 0 Å². The summed E-state index contributed by atoms with van der Waals surface area (Å²) in [4.78, 5) is 12.7. The largest absolute Gasteiger partial charge is 0.393 e. The minimum atomic E-state index is -0.334. The van der Waals surface area contributed by atoms with Gasteiger partial charge in [-0.3, -0.25) is 0 Å². The van der Waals surface area contributed by atoms with E-state index in [2.05, 4.69) is 53.6 Å². The molecular weight excluding hydrogens is 434 g/mol. The van der Waals surface area contributed by atoms with Crippen LogP contribution in [0.5, 0.6) is 0 Å². The van der Waals surface area contributed by atoms with Gasteiger partial charge in [-0.1, -0.05) is 53.6 Å². The third kappa shape index (κ3) is 2.84. The van der Waals surface area contributed by atoms with Crippen molar-refractivity contribution in [2.75, 3.05) is 0 Å². The Morgan fingerprint density at radius 1 is 0.971 bits per heavy atom. The van der Waals surface area contributed by atoms with Crippen LogP contribution in [0.15, 0.2) is 10.7 Å². The summed E-state index contributed by atoms with van der Waals surface area (Å²) in [5.41, 5.74) is 1.56. The Morgan fingerprint density at radius 2 is 1.69 bits per heavy atom. The van der Waals surface area contributed by atoms with E-state index in [-0.39, 0.29) is 44.5 Å². The van der Waals surface area contributed by atoms with E-state index in [0.717, 1.165) is 50.7 Å². The molecule has 0 aromatic carbocycles. The second-order valence-corrected chi connectivity index (χ2v) is 15.7. The molecule has 4 fully saturated rings. The van der Waals surface area contributed by atoms with E-state index in [1.165, 1.54) is 24.7 Å². The predicted octanol–water partition coefficient (Wildman–Crippen LogP) is 6.74. The molecule has 5 aliphatic carbocycles. The van der Waals surface area contributed by atoms with Crippen molar-refractivity contribution in [1.29, 1.82) is 0 Å². The molecule has 4 heteroatoms. The molecule has 0 amide bonds. The van der Waals surface area contributed by atoms with Crippen LogP contribution in [0.1, 0.15) is 111 Å². The molecule has 4 saturated carbocycles. The van der Waals surface area contributed by atoms with E-state index >= 15 is 0 Å².